The molecule has 8 heteroatoms. The first kappa shape index (κ1) is 18.7. The molecule has 0 spiro atoms. The highest BCUT2D eigenvalue weighted by atomic mass is 19.1. The molecule has 0 atom stereocenters. The summed E-state index contributed by atoms with van der Waals surface area (Å²) in [5.74, 6) is 1.01. The van der Waals surface area contributed by atoms with Crippen LogP contribution in [-0.4, -0.2) is 44.4 Å². The van der Waals surface area contributed by atoms with Crippen LogP contribution in [0.1, 0.15) is 0 Å². The number of hydrogen-bond donors (Lipinski definition) is 2. The standard InChI is InChI=1S/C19H21FN4O3/c1-22-18-13-5-4-11(8-15(13)23-19(21)24-18)17-14(20)9-12(26-3)10-16(17)27-7-6-25-2/h4-5,8-10H,6-7H2,1-3H3,(H3,21,22,23,24). The monoisotopic (exact) mass is 372 g/mol. The van der Waals surface area contributed by atoms with Crippen molar-refractivity contribution in [3.8, 4) is 22.6 Å². The van der Waals surface area contributed by atoms with E-state index in [-0.39, 0.29) is 12.6 Å². The Hall–Kier alpha value is -3.13. The summed E-state index contributed by atoms with van der Waals surface area (Å²) < 4.78 is 30.7. The maximum absolute atomic E-state index is 14.9. The number of anilines is 2. The van der Waals surface area contributed by atoms with Gasteiger partial charge in [-0.15, -0.1) is 0 Å². The van der Waals surface area contributed by atoms with E-state index in [0.717, 1.165) is 5.39 Å². The maximum Gasteiger partial charge on any atom is 0.222 e. The van der Waals surface area contributed by atoms with Crippen molar-refractivity contribution in [2.24, 2.45) is 0 Å². The van der Waals surface area contributed by atoms with Crippen molar-refractivity contribution in [1.82, 2.24) is 9.97 Å². The van der Waals surface area contributed by atoms with Gasteiger partial charge in [0.15, 0.2) is 0 Å². The highest BCUT2D eigenvalue weighted by molar-refractivity contribution is 5.93. The molecule has 0 amide bonds. The number of ether oxygens (including phenoxy) is 3. The van der Waals surface area contributed by atoms with Gasteiger partial charge in [0, 0.05) is 31.7 Å². The van der Waals surface area contributed by atoms with Gasteiger partial charge < -0.3 is 25.3 Å². The van der Waals surface area contributed by atoms with Gasteiger partial charge in [0.05, 0.1) is 24.8 Å². The van der Waals surface area contributed by atoms with Gasteiger partial charge in [-0.05, 0) is 17.7 Å². The Labute approximate surface area is 156 Å². The highest BCUT2D eigenvalue weighted by Gasteiger charge is 2.17. The van der Waals surface area contributed by atoms with Crippen molar-refractivity contribution in [1.29, 1.82) is 0 Å². The van der Waals surface area contributed by atoms with E-state index in [1.165, 1.54) is 13.2 Å². The summed E-state index contributed by atoms with van der Waals surface area (Å²) in [6.45, 7) is 0.661. The molecule has 0 unspecified atom stereocenters. The van der Waals surface area contributed by atoms with Crippen molar-refractivity contribution in [3.63, 3.8) is 0 Å². The second kappa shape index (κ2) is 8.05. The lowest BCUT2D eigenvalue weighted by Gasteiger charge is -2.15. The Balaban J connectivity index is 2.14. The quantitative estimate of drug-likeness (QED) is 0.616. The van der Waals surface area contributed by atoms with Crippen molar-refractivity contribution in [2.45, 2.75) is 0 Å². The van der Waals surface area contributed by atoms with E-state index in [9.17, 15) is 4.39 Å². The predicted octanol–water partition coefficient (Wildman–Crippen LogP) is 3.09. The molecule has 1 heterocycles. The fraction of sp³-hybridized carbons (Fsp3) is 0.263. The normalized spacial score (nSPS) is 10.8. The molecule has 1 aromatic heterocycles. The van der Waals surface area contributed by atoms with E-state index >= 15 is 0 Å². The fourth-order valence-corrected chi connectivity index (χ4v) is 2.80. The van der Waals surface area contributed by atoms with Crippen molar-refractivity contribution in [2.75, 3.05) is 45.5 Å². The summed E-state index contributed by atoms with van der Waals surface area (Å²) in [5, 5.41) is 3.77. The van der Waals surface area contributed by atoms with Crippen LogP contribution in [0, 0.1) is 5.82 Å². The van der Waals surface area contributed by atoms with E-state index in [0.29, 0.717) is 40.6 Å². The molecule has 27 heavy (non-hydrogen) atoms. The summed E-state index contributed by atoms with van der Waals surface area (Å²) in [6.07, 6.45) is 0. The Morgan fingerprint density at radius 3 is 2.63 bits per heavy atom. The van der Waals surface area contributed by atoms with Crippen LogP contribution < -0.4 is 20.5 Å². The zero-order valence-electron chi connectivity index (χ0n) is 15.4. The average molecular weight is 372 g/mol. The van der Waals surface area contributed by atoms with Gasteiger partial charge in [-0.1, -0.05) is 6.07 Å². The molecule has 0 radical (unpaired) electrons. The second-order valence-corrected chi connectivity index (χ2v) is 5.74. The number of nitrogen functional groups attached to an aromatic ring is 1. The molecule has 2 aromatic carbocycles. The van der Waals surface area contributed by atoms with Gasteiger partial charge >= 0.3 is 0 Å². The number of rotatable bonds is 7. The lowest BCUT2D eigenvalue weighted by Crippen LogP contribution is -2.06. The average Bonchev–Trinajstić information content (AvgIpc) is 2.66. The van der Waals surface area contributed by atoms with Crippen LogP contribution in [0.4, 0.5) is 16.2 Å². The minimum atomic E-state index is -0.461. The number of fused-ring (bicyclic) bond motifs is 1. The van der Waals surface area contributed by atoms with Crippen LogP contribution in [0.25, 0.3) is 22.0 Å². The molecule has 3 N–H and O–H groups in total. The van der Waals surface area contributed by atoms with Gasteiger partial charge in [-0.25, -0.2) is 9.37 Å². The van der Waals surface area contributed by atoms with E-state index in [1.807, 2.05) is 6.07 Å². The molecule has 7 nitrogen and oxygen atoms in total. The molecular formula is C19H21FN4O3. The van der Waals surface area contributed by atoms with Gasteiger partial charge in [-0.3, -0.25) is 0 Å². The third-order valence-corrected chi connectivity index (χ3v) is 4.05. The van der Waals surface area contributed by atoms with Gasteiger partial charge in [0.1, 0.15) is 29.7 Å². The van der Waals surface area contributed by atoms with E-state index in [2.05, 4.69) is 15.3 Å². The molecule has 3 aromatic rings. The molecule has 0 aliphatic rings. The molecule has 142 valence electrons. The summed E-state index contributed by atoms with van der Waals surface area (Å²) in [6, 6.07) is 8.32. The van der Waals surface area contributed by atoms with Crippen LogP contribution in [0.2, 0.25) is 0 Å². The van der Waals surface area contributed by atoms with E-state index in [1.54, 1.807) is 32.4 Å². The largest absolute Gasteiger partial charge is 0.497 e. The number of nitrogens with one attached hydrogen (secondary N) is 1. The number of nitrogens with zero attached hydrogens (tertiary/aromatic N) is 2. The van der Waals surface area contributed by atoms with E-state index < -0.39 is 5.82 Å². The molecule has 0 saturated heterocycles. The van der Waals surface area contributed by atoms with Gasteiger partial charge in [0.2, 0.25) is 5.95 Å². The fourth-order valence-electron chi connectivity index (χ4n) is 2.80. The maximum atomic E-state index is 14.9. The zero-order valence-corrected chi connectivity index (χ0v) is 15.4. The smallest absolute Gasteiger partial charge is 0.222 e. The minimum absolute atomic E-state index is 0.135. The first-order valence-electron chi connectivity index (χ1n) is 8.32. The van der Waals surface area contributed by atoms with Gasteiger partial charge in [-0.2, -0.15) is 4.98 Å². The molecule has 0 fully saturated rings. The second-order valence-electron chi connectivity index (χ2n) is 5.74. The van der Waals surface area contributed by atoms with E-state index in [4.69, 9.17) is 19.9 Å². The minimum Gasteiger partial charge on any atom is -0.497 e. The van der Waals surface area contributed by atoms with Gasteiger partial charge in [0.25, 0.3) is 0 Å². The third kappa shape index (κ3) is 3.85. The summed E-state index contributed by atoms with van der Waals surface area (Å²) in [7, 11) is 4.80. The summed E-state index contributed by atoms with van der Waals surface area (Å²) >= 11 is 0. The first-order valence-corrected chi connectivity index (χ1v) is 8.32. The van der Waals surface area contributed by atoms with Crippen molar-refractivity contribution < 1.29 is 18.6 Å². The SMILES string of the molecule is CNc1nc(N)nc2cc(-c3c(F)cc(OC)cc3OCCOC)ccc12. The summed E-state index contributed by atoms with van der Waals surface area (Å²) in [5.41, 5.74) is 7.30. The number of nitrogens with two attached hydrogens (primary N) is 1. The number of methoxy groups -OCH3 is 2. The number of aromatic nitrogens is 2. The Bertz CT molecular complexity index is 965. The Morgan fingerprint density at radius 1 is 1.11 bits per heavy atom. The Morgan fingerprint density at radius 2 is 1.93 bits per heavy atom. The number of halogens is 1. The zero-order chi connectivity index (χ0) is 19.4. The molecule has 0 saturated carbocycles. The number of benzene rings is 2. The lowest BCUT2D eigenvalue weighted by molar-refractivity contribution is 0.146. The van der Waals surface area contributed by atoms with Crippen molar-refractivity contribution in [3.05, 3.63) is 36.1 Å². The highest BCUT2D eigenvalue weighted by Crippen LogP contribution is 2.38. The number of hydrogen-bond acceptors (Lipinski definition) is 7. The lowest BCUT2D eigenvalue weighted by atomic mass is 10.0. The van der Waals surface area contributed by atoms with Crippen molar-refractivity contribution >= 4 is 22.7 Å². The van der Waals surface area contributed by atoms with Crippen LogP contribution in [0.5, 0.6) is 11.5 Å². The van der Waals surface area contributed by atoms with Crippen LogP contribution >= 0.6 is 0 Å². The third-order valence-electron chi connectivity index (χ3n) is 4.05. The molecule has 0 aliphatic heterocycles. The van der Waals surface area contributed by atoms with Crippen LogP contribution in [0.3, 0.4) is 0 Å². The molecule has 0 bridgehead atoms. The molecule has 3 rings (SSSR count). The van der Waals surface area contributed by atoms with Crippen LogP contribution in [-0.2, 0) is 4.74 Å². The topological polar surface area (TPSA) is 91.5 Å². The predicted molar refractivity (Wildman–Crippen MR) is 103 cm³/mol. The summed E-state index contributed by atoms with van der Waals surface area (Å²) in [4.78, 5) is 8.41. The molecule has 0 aliphatic carbocycles. The Kier molecular flexibility index (Phi) is 5.56. The molecular weight excluding hydrogens is 351 g/mol. The van der Waals surface area contributed by atoms with Crippen LogP contribution in [0.15, 0.2) is 30.3 Å². The first-order chi connectivity index (χ1) is 13.1.